The van der Waals surface area contributed by atoms with E-state index in [1.807, 2.05) is 77.7 Å². The molecule has 0 aromatic heterocycles. The first-order valence-corrected chi connectivity index (χ1v) is 27.5. The number of fused-ring (bicyclic) bond motifs is 4. The van der Waals surface area contributed by atoms with Crippen LogP contribution >= 0.6 is 11.8 Å². The van der Waals surface area contributed by atoms with Gasteiger partial charge in [-0.3, -0.25) is 9.59 Å². The Hall–Kier alpha value is -5.69. The molecule has 0 atom stereocenters. The molecule has 14 nitrogen and oxygen atoms in total. The van der Waals surface area contributed by atoms with Crippen LogP contribution in [0.2, 0.25) is 0 Å². The van der Waals surface area contributed by atoms with Crippen LogP contribution in [0.15, 0.2) is 134 Å². The molecule has 4 aliphatic rings. The van der Waals surface area contributed by atoms with Gasteiger partial charge in [0.25, 0.3) is 11.8 Å². The zero-order valence-corrected chi connectivity index (χ0v) is 44.9. The molecule has 0 saturated carbocycles. The van der Waals surface area contributed by atoms with Crippen LogP contribution in [0.25, 0.3) is 10.8 Å². The van der Waals surface area contributed by atoms with E-state index in [-0.39, 0.29) is 28.2 Å². The summed E-state index contributed by atoms with van der Waals surface area (Å²) < 4.78 is 60.8. The van der Waals surface area contributed by atoms with Gasteiger partial charge in [-0.2, -0.15) is 4.58 Å². The van der Waals surface area contributed by atoms with Crippen molar-refractivity contribution in [2.24, 2.45) is 0 Å². The fourth-order valence-electron chi connectivity index (χ4n) is 10.0. The molecular formula is C54H64N6O8S3+2. The van der Waals surface area contributed by atoms with Crippen molar-refractivity contribution in [2.75, 3.05) is 67.3 Å². The van der Waals surface area contributed by atoms with Crippen LogP contribution < -0.4 is 9.62 Å². The average Bonchev–Trinajstić information content (AvgIpc) is 3.80. The van der Waals surface area contributed by atoms with Crippen molar-refractivity contribution >= 4 is 77.5 Å². The predicted molar refractivity (Wildman–Crippen MR) is 280 cm³/mol. The number of imide groups is 1. The molecular weight excluding hydrogens is 957 g/mol. The molecule has 2 amide bonds. The van der Waals surface area contributed by atoms with Gasteiger partial charge in [0, 0.05) is 83.7 Å². The topological polar surface area (TPSA) is 153 Å². The largest absolute Gasteiger partial charge is 0.363 e. The highest BCUT2D eigenvalue weighted by Crippen LogP contribution is 2.49. The van der Waals surface area contributed by atoms with E-state index in [1.54, 1.807) is 42.1 Å². The van der Waals surface area contributed by atoms with Crippen LogP contribution in [0.1, 0.15) is 81.3 Å². The molecule has 374 valence electrons. The number of carbonyl (C=O) groups is 3. The highest BCUT2D eigenvalue weighted by molar-refractivity contribution is 8.03. The van der Waals surface area contributed by atoms with Gasteiger partial charge in [0.05, 0.1) is 55.0 Å². The number of nitrogens with zero attached hydrogens (tertiary/aromatic N) is 5. The fourth-order valence-corrected chi connectivity index (χ4v) is 13.3. The average molecular weight is 1020 g/mol. The highest BCUT2D eigenvalue weighted by Gasteiger charge is 2.45. The zero-order valence-electron chi connectivity index (χ0n) is 42.4. The number of allylic oxidation sites excluding steroid dienone is 7. The summed E-state index contributed by atoms with van der Waals surface area (Å²) in [7, 11) is 5.75. The summed E-state index contributed by atoms with van der Waals surface area (Å²) in [6, 6.07) is 21.7. The number of quaternary nitrogens is 1. The molecule has 1 saturated heterocycles. The Bertz CT molecular complexity index is 3270. The summed E-state index contributed by atoms with van der Waals surface area (Å²) in [5, 5.41) is 2.10. The maximum Gasteiger partial charge on any atom is 0.363 e. The maximum atomic E-state index is 13.8. The molecule has 17 heteroatoms. The lowest BCUT2D eigenvalue weighted by Crippen LogP contribution is -2.41. The molecule has 3 heterocycles. The Morgan fingerprint density at radius 1 is 0.859 bits per heavy atom. The van der Waals surface area contributed by atoms with Crippen molar-refractivity contribution in [3.63, 3.8) is 0 Å². The summed E-state index contributed by atoms with van der Waals surface area (Å²) in [6.07, 6.45) is 11.2. The second-order valence-corrected chi connectivity index (χ2v) is 25.8. The number of likely N-dealkylation sites (N-methyl/N-ethyl adjacent to an activating group) is 2. The van der Waals surface area contributed by atoms with Gasteiger partial charge in [-0.05, 0) is 116 Å². The molecule has 0 radical (unpaired) electrons. The summed E-state index contributed by atoms with van der Waals surface area (Å²) in [5.41, 5.74) is 7.35. The molecule has 0 bridgehead atoms. The highest BCUT2D eigenvalue weighted by atomic mass is 32.2. The first kappa shape index (κ1) is 51.7. The van der Waals surface area contributed by atoms with E-state index in [0.717, 1.165) is 79.5 Å². The number of amides is 2. The quantitative estimate of drug-likeness (QED) is 0.0742. The first-order valence-electron chi connectivity index (χ1n) is 23.7. The zero-order chi connectivity index (χ0) is 51.6. The van der Waals surface area contributed by atoms with Crippen molar-refractivity contribution in [1.29, 1.82) is 0 Å². The van der Waals surface area contributed by atoms with Gasteiger partial charge in [-0.25, -0.2) is 30.7 Å². The number of sulfonamides is 2. The summed E-state index contributed by atoms with van der Waals surface area (Å²) in [6.45, 7) is 9.53. The molecule has 4 aromatic carbocycles. The Morgan fingerprint density at radius 2 is 1.55 bits per heavy atom. The third-order valence-corrected chi connectivity index (χ3v) is 18.6. The van der Waals surface area contributed by atoms with E-state index in [1.165, 1.54) is 18.4 Å². The Morgan fingerprint density at radius 3 is 2.21 bits per heavy atom. The molecule has 3 aliphatic heterocycles. The summed E-state index contributed by atoms with van der Waals surface area (Å²) in [5.74, 6) is -1.89. The third kappa shape index (κ3) is 9.84. The van der Waals surface area contributed by atoms with Gasteiger partial charge in [0.1, 0.15) is 7.05 Å². The number of rotatable bonds is 14. The lowest BCUT2D eigenvalue weighted by atomic mass is 9.78. The van der Waals surface area contributed by atoms with E-state index in [4.69, 9.17) is 4.84 Å². The van der Waals surface area contributed by atoms with Crippen molar-refractivity contribution in [3.05, 3.63) is 136 Å². The molecule has 8 rings (SSSR count). The van der Waals surface area contributed by atoms with Gasteiger partial charge < -0.3 is 14.2 Å². The molecule has 0 spiro atoms. The molecule has 71 heavy (non-hydrogen) atoms. The number of hydrogen-bond acceptors (Lipinski definition) is 10. The molecule has 0 unspecified atom stereocenters. The smallest absolute Gasteiger partial charge is 0.347 e. The molecule has 4 aromatic rings. The second-order valence-electron chi connectivity index (χ2n) is 20.8. The predicted octanol–water partition coefficient (Wildman–Crippen LogP) is 8.33. The van der Waals surface area contributed by atoms with Crippen LogP contribution in [-0.2, 0) is 45.3 Å². The maximum absolute atomic E-state index is 13.8. The number of nitrogens with one attached hydrogen (secondary N) is 1. The molecule has 1 aliphatic carbocycles. The minimum atomic E-state index is -3.80. The number of thioether (sulfide) groups is 1. The number of anilines is 1. The number of hydroxylamine groups is 2. The van der Waals surface area contributed by atoms with E-state index >= 15 is 0 Å². The van der Waals surface area contributed by atoms with Crippen molar-refractivity contribution in [2.45, 2.75) is 85.3 Å². The molecule has 1 fully saturated rings. The van der Waals surface area contributed by atoms with Gasteiger partial charge >= 0.3 is 5.97 Å². The normalized spacial score (nSPS) is 19.4. The Balaban J connectivity index is 1.16. The Kier molecular flexibility index (Phi) is 13.9. The van der Waals surface area contributed by atoms with Gasteiger partial charge in [-0.1, -0.05) is 49.9 Å². The molecule has 1 N–H and O–H groups in total. The lowest BCUT2D eigenvalue weighted by Gasteiger charge is -2.25. The SMILES string of the molecule is CN1/C(=C/C=C2\CCCC(/C=C/C3=[N+](C)c4ccc5c(S(=O)(=O)NCC[N+](C)(C)C)cccc5c4C3(C)C)=C2Sc2ccc(C(=O)ON3C(=O)CCC3=O)cc2)C(C)(C)c2cc(S(=O)(=O)N(C)C)ccc21. The summed E-state index contributed by atoms with van der Waals surface area (Å²) >= 11 is 1.58. The first-order chi connectivity index (χ1) is 33.2. The van der Waals surface area contributed by atoms with Crippen LogP contribution in [0.5, 0.6) is 0 Å². The van der Waals surface area contributed by atoms with Gasteiger partial charge in [0.15, 0.2) is 5.71 Å². The van der Waals surface area contributed by atoms with Crippen molar-refractivity contribution < 1.29 is 45.1 Å². The van der Waals surface area contributed by atoms with E-state index in [2.05, 4.69) is 66.2 Å². The van der Waals surface area contributed by atoms with Crippen LogP contribution in [0, 0.1) is 0 Å². The minimum Gasteiger partial charge on any atom is -0.347 e. The fraction of sp³-hybridized carbons (Fsp3) is 0.370. The number of carbonyl (C=O) groups excluding carboxylic acids is 3. The number of benzene rings is 4. The van der Waals surface area contributed by atoms with E-state index in [0.29, 0.717) is 28.0 Å². The van der Waals surface area contributed by atoms with E-state index in [9.17, 15) is 31.2 Å². The van der Waals surface area contributed by atoms with Gasteiger partial charge in [-0.15, -0.1) is 5.06 Å². The van der Waals surface area contributed by atoms with Gasteiger partial charge in [0.2, 0.25) is 25.7 Å². The standard InChI is InChI=1S/C54H64N6O8S3/c1-53(2)42-34-39(71(66,67)56(5)6)24-26-43(42)57(7)46(53)28-20-35-14-12-15-36(51(35)69-38-22-18-37(19-23-38)52(63)68-59-48(61)30-31-49(59)62)21-29-47-54(3,4)50-41-16-13-17-45(40(41)25-27-44(50)58(47)8)70(64,65)55-32-33-60(9,10)11/h13,16-29,34,55H,12,14-15,30-33H2,1-11H3/q+2. The summed E-state index contributed by atoms with van der Waals surface area (Å²) in [4.78, 5) is 47.1. The minimum absolute atomic E-state index is 0.00267. The second kappa shape index (κ2) is 19.1. The van der Waals surface area contributed by atoms with Crippen LogP contribution in [0.3, 0.4) is 0 Å². The Labute approximate surface area is 422 Å². The van der Waals surface area contributed by atoms with E-state index < -0.39 is 48.7 Å². The monoisotopic (exact) mass is 1020 g/mol. The third-order valence-electron chi connectivity index (χ3n) is 14.0. The lowest BCUT2D eigenvalue weighted by molar-refractivity contribution is -0.869. The van der Waals surface area contributed by atoms with Crippen molar-refractivity contribution in [3.8, 4) is 0 Å². The van der Waals surface area contributed by atoms with Crippen LogP contribution in [0.4, 0.5) is 11.4 Å². The van der Waals surface area contributed by atoms with Crippen molar-refractivity contribution in [1.82, 2.24) is 14.1 Å². The number of hydrogen-bond donors (Lipinski definition) is 1. The van der Waals surface area contributed by atoms with Crippen LogP contribution in [-0.4, -0.2) is 121 Å².